The van der Waals surface area contributed by atoms with Crippen LogP contribution in [0.3, 0.4) is 0 Å². The van der Waals surface area contributed by atoms with Gasteiger partial charge in [-0.3, -0.25) is 0 Å². The number of nitrogens with zero attached hydrogens (tertiary/aromatic N) is 1. The van der Waals surface area contributed by atoms with Crippen LogP contribution < -0.4 is 15.4 Å². The van der Waals surface area contributed by atoms with Gasteiger partial charge in [0, 0.05) is 36.6 Å². The zero-order chi connectivity index (χ0) is 12.8. The number of methoxy groups -OCH3 is 1. The number of nitrogens with two attached hydrogens (primary N) is 1. The fourth-order valence-electron chi connectivity index (χ4n) is 1.85. The number of hydrogen-bond donors (Lipinski definition) is 1. The van der Waals surface area contributed by atoms with E-state index in [0.29, 0.717) is 0 Å². The maximum Gasteiger partial charge on any atom is 0.125 e. The van der Waals surface area contributed by atoms with Gasteiger partial charge in [0.1, 0.15) is 5.75 Å². The highest BCUT2D eigenvalue weighted by Gasteiger charge is 2.15. The number of benzene rings is 1. The summed E-state index contributed by atoms with van der Waals surface area (Å²) in [6.45, 7) is 3.00. The van der Waals surface area contributed by atoms with Crippen LogP contribution in [0.1, 0.15) is 18.5 Å². The van der Waals surface area contributed by atoms with Crippen LogP contribution in [0.25, 0.3) is 0 Å². The van der Waals surface area contributed by atoms with Crippen molar-refractivity contribution in [2.45, 2.75) is 13.0 Å². The van der Waals surface area contributed by atoms with Gasteiger partial charge in [0.25, 0.3) is 0 Å². The van der Waals surface area contributed by atoms with Crippen molar-refractivity contribution < 1.29 is 4.74 Å². The molecule has 3 nitrogen and oxygen atoms in total. The molecule has 0 aliphatic carbocycles. The van der Waals surface area contributed by atoms with E-state index in [2.05, 4.69) is 24.3 Å². The normalized spacial score (nSPS) is 12.3. The van der Waals surface area contributed by atoms with Crippen LogP contribution in [-0.2, 0) is 0 Å². The third-order valence-electron chi connectivity index (χ3n) is 2.76. The van der Waals surface area contributed by atoms with Crippen molar-refractivity contribution in [2.75, 3.05) is 37.6 Å². The smallest absolute Gasteiger partial charge is 0.125 e. The Morgan fingerprint density at radius 3 is 2.71 bits per heavy atom. The van der Waals surface area contributed by atoms with Gasteiger partial charge < -0.3 is 15.4 Å². The van der Waals surface area contributed by atoms with E-state index in [9.17, 15) is 0 Å². The number of rotatable bonds is 6. The summed E-state index contributed by atoms with van der Waals surface area (Å²) in [6.07, 6.45) is 2.12. The molecule has 0 unspecified atom stereocenters. The van der Waals surface area contributed by atoms with Crippen LogP contribution in [0.2, 0.25) is 0 Å². The van der Waals surface area contributed by atoms with Gasteiger partial charge in [-0.25, -0.2) is 0 Å². The van der Waals surface area contributed by atoms with Crippen molar-refractivity contribution >= 4 is 17.4 Å². The number of anilines is 1. The highest BCUT2D eigenvalue weighted by Crippen LogP contribution is 2.33. The molecule has 2 N–H and O–H groups in total. The lowest BCUT2D eigenvalue weighted by Gasteiger charge is -2.25. The zero-order valence-corrected chi connectivity index (χ0v) is 11.9. The molecule has 0 saturated carbocycles. The molecule has 96 valence electrons. The molecule has 1 aromatic rings. The lowest BCUT2D eigenvalue weighted by molar-refractivity contribution is 0.407. The standard InChI is InChI=1S/C13H22N2OS/c1-10(14)13-11(15(2)8-9-17-4)6-5-7-12(13)16-3/h5-7,10H,8-9,14H2,1-4H3/t10-/m0/s1. The van der Waals surface area contributed by atoms with Crippen LogP contribution in [0.4, 0.5) is 5.69 Å². The van der Waals surface area contributed by atoms with E-state index in [-0.39, 0.29) is 6.04 Å². The van der Waals surface area contributed by atoms with Crippen molar-refractivity contribution in [3.8, 4) is 5.75 Å². The van der Waals surface area contributed by atoms with Gasteiger partial charge in [-0.15, -0.1) is 0 Å². The Hall–Kier alpha value is -0.870. The molecule has 1 atom stereocenters. The highest BCUT2D eigenvalue weighted by atomic mass is 32.2. The van der Waals surface area contributed by atoms with Crippen molar-refractivity contribution in [3.63, 3.8) is 0 Å². The number of hydrogen-bond acceptors (Lipinski definition) is 4. The van der Waals surface area contributed by atoms with Gasteiger partial charge in [0.15, 0.2) is 0 Å². The molecular formula is C13H22N2OS. The summed E-state index contributed by atoms with van der Waals surface area (Å²) in [6, 6.07) is 6.04. The lowest BCUT2D eigenvalue weighted by Crippen LogP contribution is -2.23. The fraction of sp³-hybridized carbons (Fsp3) is 0.538. The van der Waals surface area contributed by atoms with Crippen molar-refractivity contribution in [3.05, 3.63) is 23.8 Å². The highest BCUT2D eigenvalue weighted by molar-refractivity contribution is 7.98. The first-order valence-electron chi connectivity index (χ1n) is 5.74. The van der Waals surface area contributed by atoms with E-state index in [4.69, 9.17) is 10.5 Å². The van der Waals surface area contributed by atoms with Gasteiger partial charge in [-0.05, 0) is 25.3 Å². The molecule has 0 amide bonds. The van der Waals surface area contributed by atoms with E-state index in [0.717, 1.165) is 29.3 Å². The third-order valence-corrected chi connectivity index (χ3v) is 3.35. The maximum absolute atomic E-state index is 6.05. The molecule has 0 fully saturated rings. The van der Waals surface area contributed by atoms with E-state index in [1.807, 2.05) is 30.8 Å². The predicted molar refractivity (Wildman–Crippen MR) is 77.2 cm³/mol. The minimum Gasteiger partial charge on any atom is -0.496 e. The monoisotopic (exact) mass is 254 g/mol. The van der Waals surface area contributed by atoms with Crippen LogP contribution in [0.5, 0.6) is 5.75 Å². The third kappa shape index (κ3) is 3.54. The number of thioether (sulfide) groups is 1. The molecule has 1 aromatic carbocycles. The first-order valence-corrected chi connectivity index (χ1v) is 7.13. The Bertz CT molecular complexity index is 355. The van der Waals surface area contributed by atoms with E-state index < -0.39 is 0 Å². The van der Waals surface area contributed by atoms with Gasteiger partial charge in [0.05, 0.1) is 7.11 Å². The molecule has 0 radical (unpaired) electrons. The van der Waals surface area contributed by atoms with Gasteiger partial charge in [-0.2, -0.15) is 11.8 Å². The second kappa shape index (κ2) is 6.77. The molecule has 0 aliphatic rings. The molecule has 0 aliphatic heterocycles. The summed E-state index contributed by atoms with van der Waals surface area (Å²) in [5, 5.41) is 0. The minimum atomic E-state index is -0.0297. The topological polar surface area (TPSA) is 38.5 Å². The van der Waals surface area contributed by atoms with Crippen molar-refractivity contribution in [1.29, 1.82) is 0 Å². The summed E-state index contributed by atoms with van der Waals surface area (Å²) in [7, 11) is 3.78. The molecule has 4 heteroatoms. The van der Waals surface area contributed by atoms with Crippen LogP contribution >= 0.6 is 11.8 Å². The summed E-state index contributed by atoms with van der Waals surface area (Å²) in [5.74, 6) is 1.97. The molecule has 1 rings (SSSR count). The minimum absolute atomic E-state index is 0.0297. The summed E-state index contributed by atoms with van der Waals surface area (Å²) in [4.78, 5) is 2.23. The van der Waals surface area contributed by atoms with Gasteiger partial charge in [-0.1, -0.05) is 6.07 Å². The molecule has 0 aromatic heterocycles. The van der Waals surface area contributed by atoms with Crippen molar-refractivity contribution in [1.82, 2.24) is 0 Å². The fourth-order valence-corrected chi connectivity index (χ4v) is 2.31. The Morgan fingerprint density at radius 2 is 2.18 bits per heavy atom. The average Bonchev–Trinajstić information content (AvgIpc) is 2.34. The van der Waals surface area contributed by atoms with Crippen molar-refractivity contribution in [2.24, 2.45) is 5.73 Å². The molecule has 0 heterocycles. The first-order chi connectivity index (χ1) is 8.11. The van der Waals surface area contributed by atoms with Crippen LogP contribution in [0, 0.1) is 0 Å². The Morgan fingerprint density at radius 1 is 1.47 bits per heavy atom. The van der Waals surface area contributed by atoms with E-state index in [1.165, 1.54) is 0 Å². The zero-order valence-electron chi connectivity index (χ0n) is 11.1. The van der Waals surface area contributed by atoms with E-state index >= 15 is 0 Å². The van der Waals surface area contributed by atoms with Crippen LogP contribution in [0.15, 0.2) is 18.2 Å². The summed E-state index contributed by atoms with van der Waals surface area (Å²) in [5.41, 5.74) is 8.29. The lowest BCUT2D eigenvalue weighted by atomic mass is 10.0. The number of ether oxygens (including phenoxy) is 1. The molecular weight excluding hydrogens is 232 g/mol. The Kier molecular flexibility index (Phi) is 5.65. The maximum atomic E-state index is 6.05. The molecule has 0 saturated heterocycles. The molecule has 17 heavy (non-hydrogen) atoms. The average molecular weight is 254 g/mol. The Balaban J connectivity index is 3.05. The second-order valence-electron chi connectivity index (χ2n) is 4.10. The van der Waals surface area contributed by atoms with Crippen LogP contribution in [-0.4, -0.2) is 32.7 Å². The first kappa shape index (κ1) is 14.2. The SMILES string of the molecule is COc1cccc(N(C)CCSC)c1[C@H](C)N. The predicted octanol–water partition coefficient (Wildman–Crippen LogP) is 2.51. The second-order valence-corrected chi connectivity index (χ2v) is 5.08. The van der Waals surface area contributed by atoms with E-state index in [1.54, 1.807) is 7.11 Å². The molecule has 0 spiro atoms. The molecule has 0 bridgehead atoms. The quantitative estimate of drug-likeness (QED) is 0.846. The summed E-state index contributed by atoms with van der Waals surface area (Å²) >= 11 is 1.84. The summed E-state index contributed by atoms with van der Waals surface area (Å²) < 4.78 is 5.39. The van der Waals surface area contributed by atoms with Gasteiger partial charge >= 0.3 is 0 Å². The van der Waals surface area contributed by atoms with Gasteiger partial charge in [0.2, 0.25) is 0 Å². The Labute approximate surface area is 108 Å². The largest absolute Gasteiger partial charge is 0.496 e.